The number of anilines is 1. The van der Waals surface area contributed by atoms with Crippen molar-refractivity contribution in [3.8, 4) is 5.69 Å². The van der Waals surface area contributed by atoms with Crippen molar-refractivity contribution in [2.24, 2.45) is 0 Å². The lowest BCUT2D eigenvalue weighted by atomic mass is 10.1. The molecule has 0 radical (unpaired) electrons. The van der Waals surface area contributed by atoms with Gasteiger partial charge in [-0.15, -0.1) is 0 Å². The zero-order valence-electron chi connectivity index (χ0n) is 20.5. The minimum Gasteiger partial charge on any atom is -0.383 e. The molecule has 8 heteroatoms. The molecule has 34 heavy (non-hydrogen) atoms. The molecule has 0 amide bonds. The summed E-state index contributed by atoms with van der Waals surface area (Å²) in [4.78, 5) is 11.8. The molecule has 0 aliphatic carbocycles. The fourth-order valence-electron chi connectivity index (χ4n) is 4.47. The van der Waals surface area contributed by atoms with Crippen molar-refractivity contribution in [1.29, 1.82) is 0 Å². The molecule has 7 nitrogen and oxygen atoms in total. The zero-order valence-corrected chi connectivity index (χ0v) is 20.5. The third-order valence-electron chi connectivity index (χ3n) is 6.45. The molecule has 3 aromatic rings. The number of halogens is 1. The fraction of sp³-hybridized carbons (Fsp3) is 0.462. The highest BCUT2D eigenvalue weighted by Gasteiger charge is 2.26. The van der Waals surface area contributed by atoms with Crippen molar-refractivity contribution in [1.82, 2.24) is 24.6 Å². The van der Waals surface area contributed by atoms with Gasteiger partial charge >= 0.3 is 0 Å². The van der Waals surface area contributed by atoms with Gasteiger partial charge in [0.2, 0.25) is 0 Å². The Hall–Kier alpha value is -2.81. The number of aryl methyl sites for hydroxylation is 1. The van der Waals surface area contributed by atoms with E-state index in [-0.39, 0.29) is 5.82 Å². The minimum atomic E-state index is -0.243. The van der Waals surface area contributed by atoms with E-state index in [1.54, 1.807) is 19.2 Å². The van der Waals surface area contributed by atoms with Crippen molar-refractivity contribution in [2.45, 2.75) is 26.9 Å². The number of benzene rings is 1. The molecular weight excluding hydrogens is 431 g/mol. The normalized spacial score (nSPS) is 14.8. The molecule has 2 aromatic heterocycles. The summed E-state index contributed by atoms with van der Waals surface area (Å²) in [6, 6.07) is 12.6. The van der Waals surface area contributed by atoms with Gasteiger partial charge in [0, 0.05) is 64.7 Å². The predicted octanol–water partition coefficient (Wildman–Crippen LogP) is 3.51. The molecule has 0 N–H and O–H groups in total. The Morgan fingerprint density at radius 2 is 1.79 bits per heavy atom. The molecule has 0 unspecified atom stereocenters. The molecule has 182 valence electrons. The van der Waals surface area contributed by atoms with Gasteiger partial charge in [-0.1, -0.05) is 13.0 Å². The third-order valence-corrected chi connectivity index (χ3v) is 6.45. The van der Waals surface area contributed by atoms with Crippen molar-refractivity contribution in [3.63, 3.8) is 0 Å². The lowest BCUT2D eigenvalue weighted by Gasteiger charge is -2.36. The number of pyridine rings is 1. The maximum atomic E-state index is 13.7. The highest BCUT2D eigenvalue weighted by atomic mass is 19.1. The minimum absolute atomic E-state index is 0.243. The van der Waals surface area contributed by atoms with Crippen molar-refractivity contribution >= 4 is 5.82 Å². The second kappa shape index (κ2) is 11.6. The van der Waals surface area contributed by atoms with E-state index in [0.29, 0.717) is 6.61 Å². The van der Waals surface area contributed by atoms with Crippen LogP contribution in [0.5, 0.6) is 0 Å². The van der Waals surface area contributed by atoms with Crippen LogP contribution in [-0.4, -0.2) is 77.5 Å². The molecule has 0 bridgehead atoms. The van der Waals surface area contributed by atoms with E-state index in [2.05, 4.69) is 39.6 Å². The molecule has 0 spiro atoms. The Balaban J connectivity index is 1.68. The van der Waals surface area contributed by atoms with Crippen LogP contribution in [0.4, 0.5) is 10.2 Å². The molecule has 3 heterocycles. The van der Waals surface area contributed by atoms with Gasteiger partial charge in [-0.2, -0.15) is 5.10 Å². The van der Waals surface area contributed by atoms with Gasteiger partial charge in [-0.25, -0.2) is 9.07 Å². The van der Waals surface area contributed by atoms with Gasteiger partial charge in [0.1, 0.15) is 11.6 Å². The van der Waals surface area contributed by atoms with Crippen molar-refractivity contribution < 1.29 is 9.13 Å². The van der Waals surface area contributed by atoms with Gasteiger partial charge in [0.25, 0.3) is 0 Å². The van der Waals surface area contributed by atoms with Crippen molar-refractivity contribution in [2.75, 3.05) is 57.9 Å². The number of methoxy groups -OCH3 is 1. The summed E-state index contributed by atoms with van der Waals surface area (Å²) in [5.74, 6) is 0.857. The largest absolute Gasteiger partial charge is 0.383 e. The SMILES string of the molecule is CCN1CCN(c2c(CN(CCOC)Cc3ccccn3)c(C)nn2-c2ccc(F)cc2)CC1. The van der Waals surface area contributed by atoms with Crippen LogP contribution in [0.2, 0.25) is 0 Å². The van der Waals surface area contributed by atoms with Crippen LogP contribution in [0.25, 0.3) is 5.69 Å². The fourth-order valence-corrected chi connectivity index (χ4v) is 4.47. The summed E-state index contributed by atoms with van der Waals surface area (Å²) in [6.07, 6.45) is 1.83. The van der Waals surface area contributed by atoms with Gasteiger partial charge in [0.15, 0.2) is 0 Å². The number of piperazine rings is 1. The van der Waals surface area contributed by atoms with Crippen LogP contribution >= 0.6 is 0 Å². The Morgan fingerprint density at radius 1 is 1.03 bits per heavy atom. The lowest BCUT2D eigenvalue weighted by Crippen LogP contribution is -2.47. The quantitative estimate of drug-likeness (QED) is 0.456. The molecular formula is C26H35FN6O. The number of aromatic nitrogens is 3. The lowest BCUT2D eigenvalue weighted by molar-refractivity contribution is 0.139. The number of likely N-dealkylation sites (N-methyl/N-ethyl adjacent to an activating group) is 1. The van der Waals surface area contributed by atoms with Crippen molar-refractivity contribution in [3.05, 3.63) is 71.4 Å². The summed E-state index contributed by atoms with van der Waals surface area (Å²) >= 11 is 0. The molecule has 0 atom stereocenters. The summed E-state index contributed by atoms with van der Waals surface area (Å²) < 4.78 is 21.0. The maximum Gasteiger partial charge on any atom is 0.137 e. The van der Waals surface area contributed by atoms with Crippen LogP contribution in [-0.2, 0) is 17.8 Å². The number of rotatable bonds is 10. The molecule has 1 fully saturated rings. The van der Waals surface area contributed by atoms with Crippen LogP contribution in [0.1, 0.15) is 23.9 Å². The monoisotopic (exact) mass is 466 g/mol. The second-order valence-corrected chi connectivity index (χ2v) is 8.72. The standard InChI is InChI=1S/C26H35FN6O/c1-4-30-13-15-32(16-14-30)26-25(21(2)29-33(26)24-10-8-22(27)9-11-24)20-31(17-18-34-3)19-23-7-5-6-12-28-23/h5-12H,4,13-20H2,1-3H3. The first-order valence-corrected chi connectivity index (χ1v) is 12.0. The number of nitrogens with zero attached hydrogens (tertiary/aromatic N) is 6. The van der Waals surface area contributed by atoms with Crippen LogP contribution in [0.15, 0.2) is 48.7 Å². The summed E-state index contributed by atoms with van der Waals surface area (Å²) in [7, 11) is 1.73. The average Bonchev–Trinajstić information content (AvgIpc) is 3.19. The smallest absolute Gasteiger partial charge is 0.137 e. The Labute approximate surface area is 201 Å². The topological polar surface area (TPSA) is 49.7 Å². The maximum absolute atomic E-state index is 13.7. The van der Waals surface area contributed by atoms with Crippen LogP contribution in [0, 0.1) is 12.7 Å². The number of hydrogen-bond donors (Lipinski definition) is 0. The van der Waals surface area contributed by atoms with E-state index in [4.69, 9.17) is 9.84 Å². The van der Waals surface area contributed by atoms with E-state index in [9.17, 15) is 4.39 Å². The van der Waals surface area contributed by atoms with Gasteiger partial charge in [0.05, 0.1) is 23.7 Å². The first-order chi connectivity index (χ1) is 16.6. The Kier molecular flexibility index (Phi) is 8.26. The summed E-state index contributed by atoms with van der Waals surface area (Å²) in [5.41, 5.74) is 4.08. The highest BCUT2D eigenvalue weighted by molar-refractivity contribution is 5.55. The zero-order chi connectivity index (χ0) is 23.9. The predicted molar refractivity (Wildman–Crippen MR) is 133 cm³/mol. The van der Waals surface area contributed by atoms with Gasteiger partial charge in [-0.05, 0) is 49.9 Å². The summed E-state index contributed by atoms with van der Waals surface area (Å²) in [5, 5.41) is 4.93. The molecule has 0 saturated carbocycles. The Bertz CT molecular complexity index is 1030. The number of hydrogen-bond acceptors (Lipinski definition) is 6. The van der Waals surface area contributed by atoms with E-state index < -0.39 is 0 Å². The Morgan fingerprint density at radius 3 is 2.44 bits per heavy atom. The van der Waals surface area contributed by atoms with E-state index in [1.165, 1.54) is 17.7 Å². The first kappa shape index (κ1) is 24.3. The van der Waals surface area contributed by atoms with Gasteiger partial charge < -0.3 is 14.5 Å². The molecule has 1 aromatic carbocycles. The number of ether oxygens (including phenoxy) is 1. The molecule has 4 rings (SSSR count). The van der Waals surface area contributed by atoms with E-state index >= 15 is 0 Å². The highest BCUT2D eigenvalue weighted by Crippen LogP contribution is 2.30. The van der Waals surface area contributed by atoms with Crippen LogP contribution < -0.4 is 4.90 Å². The average molecular weight is 467 g/mol. The van der Waals surface area contributed by atoms with Gasteiger partial charge in [-0.3, -0.25) is 9.88 Å². The molecule has 1 aliphatic heterocycles. The van der Waals surface area contributed by atoms with Crippen LogP contribution in [0.3, 0.4) is 0 Å². The molecule has 1 aliphatic rings. The summed E-state index contributed by atoms with van der Waals surface area (Å²) in [6.45, 7) is 12.1. The molecule has 1 saturated heterocycles. The third kappa shape index (κ3) is 5.81. The first-order valence-electron chi connectivity index (χ1n) is 12.0. The second-order valence-electron chi connectivity index (χ2n) is 8.72. The van der Waals surface area contributed by atoms with E-state index in [0.717, 1.165) is 75.3 Å². The van der Waals surface area contributed by atoms with E-state index in [1.807, 2.05) is 23.0 Å².